The molecule has 2 amide bonds. The predicted octanol–water partition coefficient (Wildman–Crippen LogP) is 4.47. The van der Waals surface area contributed by atoms with E-state index >= 15 is 0 Å². The van der Waals surface area contributed by atoms with Gasteiger partial charge in [-0.05, 0) is 63.4 Å². The minimum atomic E-state index is -0.165. The largest absolute Gasteiger partial charge is 0.463 e. The van der Waals surface area contributed by atoms with Crippen LogP contribution in [0.15, 0.2) is 53.4 Å². The van der Waals surface area contributed by atoms with Gasteiger partial charge >= 0.3 is 0 Å². The smallest absolute Gasteiger partial charge is 0.254 e. The first-order chi connectivity index (χ1) is 16.9. The fourth-order valence-corrected chi connectivity index (χ4v) is 4.41. The van der Waals surface area contributed by atoms with Crippen molar-refractivity contribution in [3.63, 3.8) is 0 Å². The van der Waals surface area contributed by atoms with Crippen LogP contribution in [0.2, 0.25) is 0 Å². The molecule has 1 N–H and O–H groups in total. The van der Waals surface area contributed by atoms with Gasteiger partial charge in [0.25, 0.3) is 5.91 Å². The zero-order valence-corrected chi connectivity index (χ0v) is 20.1. The number of furan rings is 1. The number of amides is 2. The van der Waals surface area contributed by atoms with Crippen LogP contribution in [0.4, 0.5) is 5.82 Å². The highest BCUT2D eigenvalue weighted by Crippen LogP contribution is 2.29. The van der Waals surface area contributed by atoms with Gasteiger partial charge in [-0.3, -0.25) is 9.59 Å². The average molecular weight is 473 g/mol. The van der Waals surface area contributed by atoms with Crippen molar-refractivity contribution in [3.8, 4) is 11.5 Å². The van der Waals surface area contributed by atoms with E-state index in [0.717, 1.165) is 5.56 Å². The van der Waals surface area contributed by atoms with Crippen LogP contribution in [0, 0.1) is 12.8 Å². The molecule has 0 saturated carbocycles. The van der Waals surface area contributed by atoms with Gasteiger partial charge in [0.1, 0.15) is 11.5 Å². The summed E-state index contributed by atoms with van der Waals surface area (Å²) in [4.78, 5) is 37.2. The summed E-state index contributed by atoms with van der Waals surface area (Å²) in [5.74, 6) is 0.830. The van der Waals surface area contributed by atoms with E-state index in [1.807, 2.05) is 37.6 Å². The fourth-order valence-electron chi connectivity index (χ4n) is 4.41. The maximum atomic E-state index is 13.6. The third-order valence-electron chi connectivity index (χ3n) is 6.38. The van der Waals surface area contributed by atoms with Crippen molar-refractivity contribution in [3.05, 3.63) is 60.1 Å². The zero-order valence-electron chi connectivity index (χ0n) is 20.1. The Labute approximate surface area is 203 Å². The Morgan fingerprint density at radius 1 is 1.14 bits per heavy atom. The molecule has 0 aromatic carbocycles. The van der Waals surface area contributed by atoms with E-state index in [2.05, 4.69) is 15.4 Å². The normalized spacial score (nSPS) is 14.6. The molecule has 0 spiro atoms. The molecule has 0 unspecified atom stereocenters. The number of pyridine rings is 2. The highest BCUT2D eigenvalue weighted by atomic mass is 16.3. The number of hydrogen-bond acceptors (Lipinski definition) is 6. The van der Waals surface area contributed by atoms with E-state index in [-0.39, 0.29) is 23.8 Å². The lowest BCUT2D eigenvalue weighted by Gasteiger charge is -2.31. The lowest BCUT2D eigenvalue weighted by atomic mass is 9.95. The second kappa shape index (κ2) is 9.32. The number of hydrogen-bond donors (Lipinski definition) is 1. The SMILES string of the molecule is Cc1ccc(NC(=O)C2CCN(C(=O)c3cc(-c4ccco4)nc4c3cnn4C(C)C)CC2)nc1. The molecule has 1 fully saturated rings. The molecule has 9 heteroatoms. The van der Waals surface area contributed by atoms with Gasteiger partial charge in [-0.15, -0.1) is 0 Å². The minimum absolute atomic E-state index is 0.0573. The Balaban J connectivity index is 1.35. The number of carbonyl (C=O) groups excluding carboxylic acids is 2. The van der Waals surface area contributed by atoms with Crippen LogP contribution in [-0.2, 0) is 4.79 Å². The second-order valence-electron chi connectivity index (χ2n) is 9.23. The lowest BCUT2D eigenvalue weighted by molar-refractivity contribution is -0.121. The fraction of sp³-hybridized carbons (Fsp3) is 0.346. The molecule has 0 atom stereocenters. The summed E-state index contributed by atoms with van der Waals surface area (Å²) in [6, 6.07) is 9.20. The number of nitrogens with zero attached hydrogens (tertiary/aromatic N) is 5. The summed E-state index contributed by atoms with van der Waals surface area (Å²) in [6.07, 6.45) is 6.20. The van der Waals surface area contributed by atoms with Crippen molar-refractivity contribution in [1.82, 2.24) is 24.6 Å². The van der Waals surface area contributed by atoms with E-state index < -0.39 is 0 Å². The number of fused-ring (bicyclic) bond motifs is 1. The predicted molar refractivity (Wildman–Crippen MR) is 132 cm³/mol. The van der Waals surface area contributed by atoms with Gasteiger partial charge in [-0.2, -0.15) is 5.10 Å². The van der Waals surface area contributed by atoms with Crippen LogP contribution in [0.1, 0.15) is 48.7 Å². The zero-order chi connectivity index (χ0) is 24.5. The molecular formula is C26H28N6O3. The molecule has 0 radical (unpaired) electrons. The molecule has 1 saturated heterocycles. The van der Waals surface area contributed by atoms with E-state index in [1.54, 1.807) is 41.8 Å². The minimum Gasteiger partial charge on any atom is -0.463 e. The molecule has 5 heterocycles. The summed E-state index contributed by atoms with van der Waals surface area (Å²) < 4.78 is 7.37. The van der Waals surface area contributed by atoms with Crippen LogP contribution >= 0.6 is 0 Å². The number of anilines is 1. The molecule has 0 aliphatic carbocycles. The average Bonchev–Trinajstić information content (AvgIpc) is 3.55. The van der Waals surface area contributed by atoms with Gasteiger partial charge in [0, 0.05) is 31.2 Å². The quantitative estimate of drug-likeness (QED) is 0.459. The van der Waals surface area contributed by atoms with E-state index in [9.17, 15) is 9.59 Å². The van der Waals surface area contributed by atoms with E-state index in [1.165, 1.54) is 0 Å². The third-order valence-corrected chi connectivity index (χ3v) is 6.38. The van der Waals surface area contributed by atoms with Crippen molar-refractivity contribution >= 4 is 28.7 Å². The molecular weight excluding hydrogens is 444 g/mol. The number of nitrogens with one attached hydrogen (secondary N) is 1. The molecule has 4 aromatic rings. The highest BCUT2D eigenvalue weighted by Gasteiger charge is 2.30. The van der Waals surface area contributed by atoms with Gasteiger partial charge in [0.2, 0.25) is 5.91 Å². The number of aromatic nitrogens is 4. The standard InChI is InChI=1S/C26H28N6O3/c1-16(2)32-24-20(15-28-32)19(13-21(29-24)22-5-4-12-35-22)26(34)31-10-8-18(9-11-31)25(33)30-23-7-6-17(3)14-27-23/h4-7,12-16,18H,8-11H2,1-3H3,(H,27,30,33). The van der Waals surface area contributed by atoms with Gasteiger partial charge in [0.05, 0.1) is 23.4 Å². The summed E-state index contributed by atoms with van der Waals surface area (Å²) in [6.45, 7) is 6.99. The summed E-state index contributed by atoms with van der Waals surface area (Å²) in [5.41, 5.74) is 2.82. The van der Waals surface area contributed by atoms with Crippen LogP contribution in [0.3, 0.4) is 0 Å². The van der Waals surface area contributed by atoms with Gasteiger partial charge < -0.3 is 14.6 Å². The maximum absolute atomic E-state index is 13.6. The summed E-state index contributed by atoms with van der Waals surface area (Å²) in [7, 11) is 0. The third kappa shape index (κ3) is 4.53. The first-order valence-electron chi connectivity index (χ1n) is 11.9. The lowest BCUT2D eigenvalue weighted by Crippen LogP contribution is -2.41. The molecule has 35 heavy (non-hydrogen) atoms. The molecule has 9 nitrogen and oxygen atoms in total. The van der Waals surface area contributed by atoms with Gasteiger partial charge in [-0.1, -0.05) is 6.07 Å². The molecule has 5 rings (SSSR count). The van der Waals surface area contributed by atoms with Crippen LogP contribution in [-0.4, -0.2) is 49.6 Å². The topological polar surface area (TPSA) is 106 Å². The van der Waals surface area contributed by atoms with E-state index in [0.29, 0.717) is 59.8 Å². The van der Waals surface area contributed by atoms with Crippen LogP contribution in [0.5, 0.6) is 0 Å². The first-order valence-corrected chi connectivity index (χ1v) is 11.9. The first kappa shape index (κ1) is 22.8. The Hall–Kier alpha value is -4.01. The number of aryl methyl sites for hydroxylation is 1. The summed E-state index contributed by atoms with van der Waals surface area (Å²) in [5, 5.41) is 8.08. The number of rotatable bonds is 5. The molecule has 180 valence electrons. The van der Waals surface area contributed by atoms with Crippen molar-refractivity contribution in [2.24, 2.45) is 5.92 Å². The van der Waals surface area contributed by atoms with Crippen molar-refractivity contribution in [2.75, 3.05) is 18.4 Å². The Kier molecular flexibility index (Phi) is 6.07. The number of carbonyl (C=O) groups is 2. The highest BCUT2D eigenvalue weighted by molar-refractivity contribution is 6.06. The van der Waals surface area contributed by atoms with Crippen LogP contribution < -0.4 is 5.32 Å². The van der Waals surface area contributed by atoms with Gasteiger partial charge in [-0.25, -0.2) is 14.6 Å². The van der Waals surface area contributed by atoms with Gasteiger partial charge in [0.15, 0.2) is 11.4 Å². The van der Waals surface area contributed by atoms with Crippen molar-refractivity contribution < 1.29 is 14.0 Å². The second-order valence-corrected chi connectivity index (χ2v) is 9.23. The Morgan fingerprint density at radius 2 is 1.94 bits per heavy atom. The Morgan fingerprint density at radius 3 is 2.60 bits per heavy atom. The Bertz CT molecular complexity index is 1350. The molecule has 1 aliphatic heterocycles. The van der Waals surface area contributed by atoms with Crippen LogP contribution in [0.25, 0.3) is 22.5 Å². The van der Waals surface area contributed by atoms with Crippen molar-refractivity contribution in [1.29, 1.82) is 0 Å². The summed E-state index contributed by atoms with van der Waals surface area (Å²) >= 11 is 0. The molecule has 0 bridgehead atoms. The number of likely N-dealkylation sites (tertiary alicyclic amines) is 1. The maximum Gasteiger partial charge on any atom is 0.254 e. The molecule has 1 aliphatic rings. The monoisotopic (exact) mass is 472 g/mol. The molecule has 4 aromatic heterocycles. The van der Waals surface area contributed by atoms with E-state index in [4.69, 9.17) is 9.40 Å². The van der Waals surface area contributed by atoms with Crippen molar-refractivity contribution in [2.45, 2.75) is 39.7 Å². The number of piperidine rings is 1.